The van der Waals surface area contributed by atoms with Gasteiger partial charge in [-0.2, -0.15) is 0 Å². The fourth-order valence-corrected chi connectivity index (χ4v) is 4.88. The quantitative estimate of drug-likeness (QED) is 0.648. The van der Waals surface area contributed by atoms with Crippen LogP contribution in [0, 0.1) is 5.92 Å². The molecule has 0 atom stereocenters. The van der Waals surface area contributed by atoms with Crippen molar-refractivity contribution in [1.29, 1.82) is 0 Å². The molecule has 0 bridgehead atoms. The molecule has 1 amide bonds. The highest BCUT2D eigenvalue weighted by Crippen LogP contribution is 2.29. The molecule has 7 heteroatoms. The molecule has 1 saturated carbocycles. The summed E-state index contributed by atoms with van der Waals surface area (Å²) >= 11 is 0. The van der Waals surface area contributed by atoms with Crippen molar-refractivity contribution in [3.05, 3.63) is 17.6 Å². The Balaban J connectivity index is 1.47. The van der Waals surface area contributed by atoms with E-state index >= 15 is 0 Å². The SMILES string of the molecule is COCC(=O)NC1CCC(CCN2CCN(c3cc(C(C)(C)C)nc(C(C)(C)C)n3)CC2)CC1. The lowest BCUT2D eigenvalue weighted by Crippen LogP contribution is -2.47. The van der Waals surface area contributed by atoms with E-state index in [9.17, 15) is 4.79 Å². The Morgan fingerprint density at radius 3 is 2.21 bits per heavy atom. The van der Waals surface area contributed by atoms with E-state index in [1.54, 1.807) is 7.11 Å². The molecule has 2 aliphatic rings. The summed E-state index contributed by atoms with van der Waals surface area (Å²) in [4.78, 5) is 26.7. The molecule has 2 fully saturated rings. The molecule has 0 unspecified atom stereocenters. The van der Waals surface area contributed by atoms with Crippen molar-refractivity contribution in [2.24, 2.45) is 5.92 Å². The van der Waals surface area contributed by atoms with Gasteiger partial charge in [-0.05, 0) is 44.6 Å². The number of aromatic nitrogens is 2. The number of rotatable bonds is 7. The number of carbonyl (C=O) groups excluding carboxylic acids is 1. The smallest absolute Gasteiger partial charge is 0.246 e. The fraction of sp³-hybridized carbons (Fsp3) is 0.815. The summed E-state index contributed by atoms with van der Waals surface area (Å²) in [6.45, 7) is 18.8. The van der Waals surface area contributed by atoms with Crippen LogP contribution in [-0.2, 0) is 20.4 Å². The average Bonchev–Trinajstić information content (AvgIpc) is 2.78. The van der Waals surface area contributed by atoms with Crippen LogP contribution in [0.3, 0.4) is 0 Å². The van der Waals surface area contributed by atoms with Gasteiger partial charge in [-0.3, -0.25) is 9.69 Å². The van der Waals surface area contributed by atoms with E-state index in [0.717, 1.165) is 62.3 Å². The van der Waals surface area contributed by atoms with Gasteiger partial charge in [-0.25, -0.2) is 9.97 Å². The van der Waals surface area contributed by atoms with Crippen LogP contribution in [0.1, 0.15) is 85.2 Å². The summed E-state index contributed by atoms with van der Waals surface area (Å²) in [5, 5.41) is 3.10. The van der Waals surface area contributed by atoms with Crippen LogP contribution in [0.15, 0.2) is 6.07 Å². The summed E-state index contributed by atoms with van der Waals surface area (Å²) in [7, 11) is 1.57. The van der Waals surface area contributed by atoms with E-state index in [1.165, 1.54) is 25.8 Å². The largest absolute Gasteiger partial charge is 0.375 e. The van der Waals surface area contributed by atoms with E-state index in [0.29, 0.717) is 6.04 Å². The Kier molecular flexibility index (Phi) is 8.96. The Morgan fingerprint density at radius 2 is 1.65 bits per heavy atom. The molecule has 3 rings (SSSR count). The number of ether oxygens (including phenoxy) is 1. The molecular weight excluding hydrogens is 426 g/mol. The third-order valence-electron chi connectivity index (χ3n) is 7.19. The number of nitrogens with zero attached hydrogens (tertiary/aromatic N) is 4. The first-order chi connectivity index (χ1) is 16.0. The number of hydrogen-bond donors (Lipinski definition) is 1. The van der Waals surface area contributed by atoms with Gasteiger partial charge in [0, 0.05) is 56.2 Å². The van der Waals surface area contributed by atoms with E-state index in [1.807, 2.05) is 0 Å². The Hall–Kier alpha value is -1.73. The van der Waals surface area contributed by atoms with E-state index in [-0.39, 0.29) is 23.3 Å². The van der Waals surface area contributed by atoms with Gasteiger partial charge in [0.2, 0.25) is 5.91 Å². The molecule has 0 radical (unpaired) electrons. The molecule has 1 saturated heterocycles. The molecule has 1 N–H and O–H groups in total. The molecule has 1 aromatic heterocycles. The number of hydrogen-bond acceptors (Lipinski definition) is 6. The Bertz CT molecular complexity index is 766. The minimum atomic E-state index is -0.0660. The summed E-state index contributed by atoms with van der Waals surface area (Å²) in [5.74, 6) is 2.81. The van der Waals surface area contributed by atoms with Crippen LogP contribution < -0.4 is 10.2 Å². The number of nitrogens with one attached hydrogen (secondary N) is 1. The number of carbonyl (C=O) groups is 1. The summed E-state index contributed by atoms with van der Waals surface area (Å²) in [6, 6.07) is 2.53. The molecule has 192 valence electrons. The van der Waals surface area contributed by atoms with Crippen LogP contribution in [0.5, 0.6) is 0 Å². The van der Waals surface area contributed by atoms with Crippen molar-refractivity contribution < 1.29 is 9.53 Å². The second-order valence-corrected chi connectivity index (χ2v) is 12.3. The fourth-order valence-electron chi connectivity index (χ4n) is 4.88. The van der Waals surface area contributed by atoms with Gasteiger partial charge in [0.1, 0.15) is 18.2 Å². The molecule has 0 spiro atoms. The van der Waals surface area contributed by atoms with Crippen molar-refractivity contribution in [2.75, 3.05) is 51.3 Å². The highest BCUT2D eigenvalue weighted by molar-refractivity contribution is 5.77. The summed E-state index contributed by atoms with van der Waals surface area (Å²) in [5.41, 5.74) is 1.06. The highest BCUT2D eigenvalue weighted by Gasteiger charge is 2.27. The van der Waals surface area contributed by atoms with Gasteiger partial charge < -0.3 is 15.0 Å². The molecule has 1 aromatic rings. The van der Waals surface area contributed by atoms with Gasteiger partial charge >= 0.3 is 0 Å². The molecule has 2 heterocycles. The normalized spacial score (nSPS) is 22.6. The maximum atomic E-state index is 11.7. The first-order valence-corrected chi connectivity index (χ1v) is 13.1. The predicted molar refractivity (Wildman–Crippen MR) is 138 cm³/mol. The lowest BCUT2D eigenvalue weighted by Gasteiger charge is -2.37. The van der Waals surface area contributed by atoms with E-state index in [4.69, 9.17) is 14.7 Å². The lowest BCUT2D eigenvalue weighted by atomic mass is 9.84. The van der Waals surface area contributed by atoms with Crippen LogP contribution in [0.2, 0.25) is 0 Å². The van der Waals surface area contributed by atoms with Gasteiger partial charge in [-0.15, -0.1) is 0 Å². The van der Waals surface area contributed by atoms with Gasteiger partial charge in [0.15, 0.2) is 0 Å². The highest BCUT2D eigenvalue weighted by atomic mass is 16.5. The minimum absolute atomic E-state index is 0.00506. The maximum Gasteiger partial charge on any atom is 0.246 e. The molecule has 0 aromatic carbocycles. The third kappa shape index (κ3) is 7.64. The number of piperazine rings is 1. The maximum absolute atomic E-state index is 11.7. The third-order valence-corrected chi connectivity index (χ3v) is 7.19. The Labute approximate surface area is 207 Å². The number of anilines is 1. The first kappa shape index (κ1) is 26.9. The monoisotopic (exact) mass is 473 g/mol. The molecular formula is C27H47N5O2. The van der Waals surface area contributed by atoms with Crippen molar-refractivity contribution in [2.45, 2.75) is 90.5 Å². The molecule has 7 nitrogen and oxygen atoms in total. The zero-order chi connectivity index (χ0) is 24.9. The van der Waals surface area contributed by atoms with Gasteiger partial charge in [-0.1, -0.05) is 41.5 Å². The summed E-state index contributed by atoms with van der Waals surface area (Å²) in [6.07, 6.45) is 5.87. The Morgan fingerprint density at radius 1 is 1.00 bits per heavy atom. The molecule has 1 aliphatic heterocycles. The second kappa shape index (κ2) is 11.3. The molecule has 1 aliphatic carbocycles. The molecule has 34 heavy (non-hydrogen) atoms. The number of methoxy groups -OCH3 is 1. The van der Waals surface area contributed by atoms with Crippen LogP contribution in [0.4, 0.5) is 5.82 Å². The van der Waals surface area contributed by atoms with Crippen LogP contribution in [-0.4, -0.2) is 73.3 Å². The summed E-state index contributed by atoms with van der Waals surface area (Å²) < 4.78 is 4.92. The van der Waals surface area contributed by atoms with Crippen molar-refractivity contribution in [1.82, 2.24) is 20.2 Å². The zero-order valence-electron chi connectivity index (χ0n) is 22.6. The van der Waals surface area contributed by atoms with Crippen LogP contribution in [0.25, 0.3) is 0 Å². The van der Waals surface area contributed by atoms with Crippen molar-refractivity contribution in [3.8, 4) is 0 Å². The first-order valence-electron chi connectivity index (χ1n) is 13.1. The van der Waals surface area contributed by atoms with Crippen LogP contribution >= 0.6 is 0 Å². The van der Waals surface area contributed by atoms with E-state index in [2.05, 4.69) is 62.7 Å². The minimum Gasteiger partial charge on any atom is -0.375 e. The van der Waals surface area contributed by atoms with Gasteiger partial charge in [0.05, 0.1) is 5.69 Å². The average molecular weight is 474 g/mol. The topological polar surface area (TPSA) is 70.6 Å². The second-order valence-electron chi connectivity index (χ2n) is 12.3. The lowest BCUT2D eigenvalue weighted by molar-refractivity contribution is -0.125. The predicted octanol–water partition coefficient (Wildman–Crippen LogP) is 3.91. The van der Waals surface area contributed by atoms with Crippen molar-refractivity contribution in [3.63, 3.8) is 0 Å². The standard InChI is InChI=1S/C27H47N5O2/c1-26(2,3)22-18-23(30-25(29-22)27(4,5)6)32-16-14-31(15-17-32)13-12-20-8-10-21(11-9-20)28-24(33)19-34-7/h18,20-21H,8-17,19H2,1-7H3,(H,28,33). The van der Waals surface area contributed by atoms with E-state index < -0.39 is 0 Å². The van der Waals surface area contributed by atoms with Crippen molar-refractivity contribution >= 4 is 11.7 Å². The number of amides is 1. The van der Waals surface area contributed by atoms with Gasteiger partial charge in [0.25, 0.3) is 0 Å². The zero-order valence-corrected chi connectivity index (χ0v) is 22.6.